The van der Waals surface area contributed by atoms with E-state index in [0.29, 0.717) is 11.5 Å². The van der Waals surface area contributed by atoms with Crippen molar-refractivity contribution in [2.45, 2.75) is 13.0 Å². The second kappa shape index (κ2) is 5.14. The molecule has 96 valence electrons. The summed E-state index contributed by atoms with van der Waals surface area (Å²) in [4.78, 5) is 0. The van der Waals surface area contributed by atoms with Gasteiger partial charge in [0.1, 0.15) is 11.5 Å². The number of methoxy groups -OCH3 is 2. The lowest BCUT2D eigenvalue weighted by Gasteiger charge is -2.08. The minimum Gasteiger partial charge on any atom is -0.493 e. The first kappa shape index (κ1) is 12.5. The van der Waals surface area contributed by atoms with Gasteiger partial charge in [0.25, 0.3) is 0 Å². The predicted octanol–water partition coefficient (Wildman–Crippen LogP) is 2.98. The van der Waals surface area contributed by atoms with Crippen LogP contribution in [0.2, 0.25) is 0 Å². The molecule has 18 heavy (non-hydrogen) atoms. The van der Waals surface area contributed by atoms with E-state index in [1.807, 2.05) is 37.3 Å². The molecule has 0 bridgehead atoms. The van der Waals surface area contributed by atoms with Crippen molar-refractivity contribution in [2.75, 3.05) is 14.2 Å². The van der Waals surface area contributed by atoms with Crippen LogP contribution in [0.25, 0.3) is 11.3 Å². The molecule has 1 heterocycles. The zero-order chi connectivity index (χ0) is 13.1. The zero-order valence-electron chi connectivity index (χ0n) is 10.8. The van der Waals surface area contributed by atoms with Crippen molar-refractivity contribution in [1.82, 2.24) is 0 Å². The van der Waals surface area contributed by atoms with Gasteiger partial charge in [-0.25, -0.2) is 0 Å². The van der Waals surface area contributed by atoms with Crippen LogP contribution >= 0.6 is 0 Å². The summed E-state index contributed by atoms with van der Waals surface area (Å²) in [5.74, 6) is 2.90. The summed E-state index contributed by atoms with van der Waals surface area (Å²) in [6.45, 7) is 1.89. The topological polar surface area (TPSA) is 57.6 Å². The van der Waals surface area contributed by atoms with Gasteiger partial charge in [-0.1, -0.05) is 0 Å². The lowest BCUT2D eigenvalue weighted by Crippen LogP contribution is -2.02. The largest absolute Gasteiger partial charge is 0.493 e. The molecule has 2 aromatic rings. The van der Waals surface area contributed by atoms with Gasteiger partial charge >= 0.3 is 0 Å². The van der Waals surface area contributed by atoms with Crippen molar-refractivity contribution in [3.05, 3.63) is 36.1 Å². The highest BCUT2D eigenvalue weighted by Crippen LogP contribution is 2.33. The third-order valence-electron chi connectivity index (χ3n) is 2.74. The van der Waals surface area contributed by atoms with Crippen LogP contribution in [-0.4, -0.2) is 14.2 Å². The van der Waals surface area contributed by atoms with E-state index in [-0.39, 0.29) is 6.04 Å². The van der Waals surface area contributed by atoms with E-state index in [9.17, 15) is 0 Å². The van der Waals surface area contributed by atoms with Crippen LogP contribution in [0.1, 0.15) is 18.7 Å². The quantitative estimate of drug-likeness (QED) is 0.902. The highest BCUT2D eigenvalue weighted by Gasteiger charge is 2.10. The maximum Gasteiger partial charge on any atom is 0.161 e. The fraction of sp³-hybridized carbons (Fsp3) is 0.286. The number of ether oxygens (including phenoxy) is 2. The van der Waals surface area contributed by atoms with Gasteiger partial charge in [0, 0.05) is 5.56 Å². The predicted molar refractivity (Wildman–Crippen MR) is 69.9 cm³/mol. The summed E-state index contributed by atoms with van der Waals surface area (Å²) >= 11 is 0. The van der Waals surface area contributed by atoms with Gasteiger partial charge in [-0.3, -0.25) is 0 Å². The van der Waals surface area contributed by atoms with Crippen molar-refractivity contribution in [2.24, 2.45) is 5.73 Å². The van der Waals surface area contributed by atoms with E-state index >= 15 is 0 Å². The lowest BCUT2D eigenvalue weighted by atomic mass is 10.1. The number of hydrogen-bond donors (Lipinski definition) is 1. The molecule has 0 saturated carbocycles. The molecule has 0 aliphatic carbocycles. The maximum absolute atomic E-state index is 5.77. The van der Waals surface area contributed by atoms with Crippen LogP contribution in [0.4, 0.5) is 0 Å². The van der Waals surface area contributed by atoms with E-state index in [0.717, 1.165) is 17.1 Å². The van der Waals surface area contributed by atoms with E-state index < -0.39 is 0 Å². The Balaban J connectivity index is 2.38. The first-order chi connectivity index (χ1) is 8.65. The van der Waals surface area contributed by atoms with Crippen molar-refractivity contribution in [3.8, 4) is 22.8 Å². The van der Waals surface area contributed by atoms with Crippen molar-refractivity contribution in [1.29, 1.82) is 0 Å². The standard InChI is InChI=1S/C14H17NO3/c1-9(15)11-6-7-12(18-11)10-4-5-13(16-2)14(8-10)17-3/h4-9H,15H2,1-3H3. The third-order valence-corrected chi connectivity index (χ3v) is 2.74. The van der Waals surface area contributed by atoms with Crippen LogP contribution < -0.4 is 15.2 Å². The molecule has 0 aliphatic heterocycles. The minimum absolute atomic E-state index is 0.112. The second-order valence-electron chi connectivity index (χ2n) is 4.06. The van der Waals surface area contributed by atoms with Crippen LogP contribution in [0.5, 0.6) is 11.5 Å². The van der Waals surface area contributed by atoms with Gasteiger partial charge in [0.2, 0.25) is 0 Å². The Morgan fingerprint density at radius 2 is 1.78 bits per heavy atom. The molecule has 1 aromatic carbocycles. The summed E-state index contributed by atoms with van der Waals surface area (Å²) in [6.07, 6.45) is 0. The maximum atomic E-state index is 5.77. The Morgan fingerprint density at radius 3 is 2.33 bits per heavy atom. The summed E-state index contributed by atoms with van der Waals surface area (Å²) < 4.78 is 16.1. The summed E-state index contributed by atoms with van der Waals surface area (Å²) in [5, 5.41) is 0. The molecule has 0 radical (unpaired) electrons. The third kappa shape index (κ3) is 2.33. The van der Waals surface area contributed by atoms with Gasteiger partial charge in [0.05, 0.1) is 20.3 Å². The van der Waals surface area contributed by atoms with E-state index in [1.165, 1.54) is 0 Å². The molecule has 4 nitrogen and oxygen atoms in total. The summed E-state index contributed by atoms with van der Waals surface area (Å²) in [7, 11) is 3.22. The Labute approximate surface area is 106 Å². The molecule has 1 atom stereocenters. The number of benzene rings is 1. The molecule has 2 N–H and O–H groups in total. The van der Waals surface area contributed by atoms with E-state index in [1.54, 1.807) is 14.2 Å². The van der Waals surface area contributed by atoms with Crippen molar-refractivity contribution < 1.29 is 13.9 Å². The first-order valence-electron chi connectivity index (χ1n) is 5.73. The van der Waals surface area contributed by atoms with Gasteiger partial charge in [-0.05, 0) is 37.3 Å². The smallest absolute Gasteiger partial charge is 0.161 e. The Bertz CT molecular complexity index is 532. The monoisotopic (exact) mass is 247 g/mol. The average molecular weight is 247 g/mol. The highest BCUT2D eigenvalue weighted by molar-refractivity contribution is 5.63. The van der Waals surface area contributed by atoms with Gasteiger partial charge in [-0.2, -0.15) is 0 Å². The SMILES string of the molecule is COc1ccc(-c2ccc(C(C)N)o2)cc1OC. The molecule has 1 unspecified atom stereocenters. The molecule has 0 saturated heterocycles. The number of hydrogen-bond acceptors (Lipinski definition) is 4. The van der Waals surface area contributed by atoms with Crippen molar-refractivity contribution >= 4 is 0 Å². The fourth-order valence-corrected chi connectivity index (χ4v) is 1.74. The molecule has 0 spiro atoms. The van der Waals surface area contributed by atoms with Gasteiger partial charge < -0.3 is 19.6 Å². The van der Waals surface area contributed by atoms with Crippen LogP contribution in [0, 0.1) is 0 Å². The fourth-order valence-electron chi connectivity index (χ4n) is 1.74. The van der Waals surface area contributed by atoms with Gasteiger partial charge in [0.15, 0.2) is 11.5 Å². The Kier molecular flexibility index (Phi) is 3.58. The zero-order valence-corrected chi connectivity index (χ0v) is 10.8. The molecular formula is C14H17NO3. The Hall–Kier alpha value is -1.94. The van der Waals surface area contributed by atoms with Crippen LogP contribution in [0.15, 0.2) is 34.7 Å². The van der Waals surface area contributed by atoms with Crippen LogP contribution in [-0.2, 0) is 0 Å². The number of nitrogens with two attached hydrogens (primary N) is 1. The molecule has 0 fully saturated rings. The van der Waals surface area contributed by atoms with E-state index in [4.69, 9.17) is 19.6 Å². The molecule has 4 heteroatoms. The van der Waals surface area contributed by atoms with E-state index in [2.05, 4.69) is 0 Å². The second-order valence-corrected chi connectivity index (χ2v) is 4.06. The van der Waals surface area contributed by atoms with Crippen molar-refractivity contribution in [3.63, 3.8) is 0 Å². The molecule has 1 aromatic heterocycles. The molecule has 0 aliphatic rings. The molecular weight excluding hydrogens is 230 g/mol. The normalized spacial score (nSPS) is 12.2. The Morgan fingerprint density at radius 1 is 1.06 bits per heavy atom. The lowest BCUT2D eigenvalue weighted by molar-refractivity contribution is 0.355. The summed E-state index contributed by atoms with van der Waals surface area (Å²) in [6, 6.07) is 9.33. The average Bonchev–Trinajstić information content (AvgIpc) is 2.87. The molecule has 0 amide bonds. The highest BCUT2D eigenvalue weighted by atomic mass is 16.5. The van der Waals surface area contributed by atoms with Gasteiger partial charge in [-0.15, -0.1) is 0 Å². The van der Waals surface area contributed by atoms with Crippen LogP contribution in [0.3, 0.4) is 0 Å². The number of furan rings is 1. The first-order valence-corrected chi connectivity index (χ1v) is 5.73. The molecule has 2 rings (SSSR count). The summed E-state index contributed by atoms with van der Waals surface area (Å²) in [5.41, 5.74) is 6.70. The number of rotatable bonds is 4. The minimum atomic E-state index is -0.112.